The summed E-state index contributed by atoms with van der Waals surface area (Å²) >= 11 is 0. The lowest BCUT2D eigenvalue weighted by Crippen LogP contribution is -2.58. The van der Waals surface area contributed by atoms with Gasteiger partial charge in [-0.1, -0.05) is 6.08 Å². The number of aliphatic carboxylic acids is 1. The summed E-state index contributed by atoms with van der Waals surface area (Å²) in [5.41, 5.74) is 26.9. The molecule has 0 radical (unpaired) electrons. The number of aromatic nitrogens is 2. The number of halogens is 2. The van der Waals surface area contributed by atoms with Gasteiger partial charge in [-0.2, -0.15) is 0 Å². The Morgan fingerprint density at radius 3 is 2.23 bits per heavy atom. The number of amides is 7. The minimum absolute atomic E-state index is 0.00630. The highest BCUT2D eigenvalue weighted by Crippen LogP contribution is 2.33. The molecule has 64 heavy (non-hydrogen) atoms. The predicted octanol–water partition coefficient (Wildman–Crippen LogP) is -5.41. The number of nitrogens with one attached hydrogen (secondary N) is 7. The van der Waals surface area contributed by atoms with Crippen LogP contribution in [0.3, 0.4) is 0 Å². The summed E-state index contributed by atoms with van der Waals surface area (Å²) in [5.74, 6) is -11.9. The van der Waals surface area contributed by atoms with E-state index in [4.69, 9.17) is 28.7 Å². The Hall–Kier alpha value is -6.32. The number of hydrogen-bond acceptors (Lipinski definition) is 14. The Bertz CT molecular complexity index is 1810. The summed E-state index contributed by atoms with van der Waals surface area (Å²) < 4.78 is 30.2. The Kier molecular flexibility index (Phi) is 22.7. The van der Waals surface area contributed by atoms with E-state index in [-0.39, 0.29) is 70.7 Å². The molecule has 1 saturated heterocycles. The van der Waals surface area contributed by atoms with Gasteiger partial charge < -0.3 is 80.7 Å². The maximum Gasteiger partial charge on any atom is 0.352 e. The molecule has 358 valence electrons. The van der Waals surface area contributed by atoms with E-state index >= 15 is 8.78 Å². The van der Waals surface area contributed by atoms with Crippen molar-refractivity contribution in [2.24, 2.45) is 33.7 Å². The molecule has 2 heterocycles. The number of aromatic amines is 1. The highest BCUT2D eigenvalue weighted by atomic mass is 19.3. The molecular formula is C37H61F2N15O10. The van der Waals surface area contributed by atoms with Crippen molar-refractivity contribution in [1.29, 1.82) is 0 Å². The number of hydrogen-bond donors (Lipinski definition) is 14. The summed E-state index contributed by atoms with van der Waals surface area (Å²) in [4.78, 5) is 116. The zero-order valence-corrected chi connectivity index (χ0v) is 35.4. The van der Waals surface area contributed by atoms with Crippen LogP contribution < -0.4 is 60.6 Å². The first kappa shape index (κ1) is 53.8. The second-order valence-electron chi connectivity index (χ2n) is 14.9. The average Bonchev–Trinajstić information content (AvgIpc) is 3.87. The lowest BCUT2D eigenvalue weighted by molar-refractivity contribution is -0.142. The zero-order valence-electron chi connectivity index (χ0n) is 35.4. The molecule has 25 nitrogen and oxygen atoms in total. The number of H-pyrrole nitrogens is 1. The Labute approximate surface area is 366 Å². The number of carbonyl (C=O) groups excluding carboxylic acids is 7. The van der Waals surface area contributed by atoms with Crippen LogP contribution >= 0.6 is 0 Å². The molecule has 1 aromatic rings. The number of aliphatic hydroxyl groups excluding tert-OH is 1. The third-order valence-electron chi connectivity index (χ3n) is 9.52. The Morgan fingerprint density at radius 2 is 1.62 bits per heavy atom. The quantitative estimate of drug-likeness (QED) is 0.0161. The first-order valence-electron chi connectivity index (χ1n) is 20.4. The Balaban J connectivity index is 2.31. The number of aliphatic imine (C=N–C) groups is 1. The van der Waals surface area contributed by atoms with E-state index in [1.54, 1.807) is 0 Å². The van der Waals surface area contributed by atoms with Crippen LogP contribution in [0, 0.1) is 0 Å². The maximum atomic E-state index is 15.1. The van der Waals surface area contributed by atoms with Crippen molar-refractivity contribution >= 4 is 53.3 Å². The number of unbranched alkanes of at least 4 members (excludes halogenated alkanes) is 1. The molecule has 0 aromatic carbocycles. The minimum Gasteiger partial charge on any atom is -0.477 e. The number of carboxylic acids is 1. The molecule has 1 aliphatic rings. The summed E-state index contributed by atoms with van der Waals surface area (Å²) in [5, 5.41) is 33.4. The van der Waals surface area contributed by atoms with E-state index in [2.05, 4.69) is 46.9 Å². The molecule has 1 unspecified atom stereocenters. The summed E-state index contributed by atoms with van der Waals surface area (Å²) in [7, 11) is 0. The van der Waals surface area contributed by atoms with Crippen LogP contribution in [0.2, 0.25) is 0 Å². The van der Waals surface area contributed by atoms with E-state index in [0.29, 0.717) is 23.4 Å². The van der Waals surface area contributed by atoms with Crippen LogP contribution in [0.25, 0.3) is 0 Å². The minimum atomic E-state index is -3.60. The van der Waals surface area contributed by atoms with E-state index in [1.807, 2.05) is 0 Å². The normalized spacial score (nSPS) is 16.8. The molecule has 0 spiro atoms. The van der Waals surface area contributed by atoms with Gasteiger partial charge in [0.2, 0.25) is 41.4 Å². The van der Waals surface area contributed by atoms with Gasteiger partial charge in [-0.3, -0.25) is 38.6 Å². The van der Waals surface area contributed by atoms with E-state index in [0.717, 1.165) is 6.08 Å². The number of carboxylic acid groups (broad SMARTS) is 1. The molecule has 0 saturated carbocycles. The molecule has 2 rings (SSSR count). The third-order valence-corrected chi connectivity index (χ3v) is 9.52. The number of likely N-dealkylation sites (tertiary alicyclic amines) is 1. The number of guanidine groups is 1. The fourth-order valence-electron chi connectivity index (χ4n) is 6.23. The first-order valence-corrected chi connectivity index (χ1v) is 20.4. The van der Waals surface area contributed by atoms with Crippen molar-refractivity contribution in [3.63, 3.8) is 0 Å². The van der Waals surface area contributed by atoms with Crippen molar-refractivity contribution in [1.82, 2.24) is 46.8 Å². The monoisotopic (exact) mass is 913 g/mol. The van der Waals surface area contributed by atoms with E-state index in [1.165, 1.54) is 19.4 Å². The van der Waals surface area contributed by atoms with Crippen molar-refractivity contribution in [3.05, 3.63) is 30.0 Å². The molecule has 6 atom stereocenters. The van der Waals surface area contributed by atoms with Crippen LogP contribution in [-0.4, -0.2) is 160 Å². The van der Waals surface area contributed by atoms with Crippen LogP contribution in [0.15, 0.2) is 29.3 Å². The number of nitrogens with zero attached hydrogens (tertiary/aromatic N) is 3. The molecule has 0 bridgehead atoms. The molecular weight excluding hydrogens is 852 g/mol. The Morgan fingerprint density at radius 1 is 0.938 bits per heavy atom. The number of nitrogens with two attached hydrogens (primary N) is 5. The highest BCUT2D eigenvalue weighted by Gasteiger charge is 2.51. The molecule has 0 aliphatic carbocycles. The maximum absolute atomic E-state index is 15.1. The van der Waals surface area contributed by atoms with Gasteiger partial charge >= 0.3 is 5.97 Å². The molecule has 27 heteroatoms. The van der Waals surface area contributed by atoms with Gasteiger partial charge in [0.25, 0.3) is 5.92 Å². The van der Waals surface area contributed by atoms with Crippen LogP contribution in [0.4, 0.5) is 8.78 Å². The second-order valence-corrected chi connectivity index (χ2v) is 14.9. The molecule has 19 N–H and O–H groups in total. The number of carbonyl (C=O) groups is 8. The van der Waals surface area contributed by atoms with Crippen LogP contribution in [0.1, 0.15) is 64.0 Å². The first-order chi connectivity index (χ1) is 30.2. The van der Waals surface area contributed by atoms with Gasteiger partial charge in [0.1, 0.15) is 35.9 Å². The number of alkyl halides is 2. The van der Waals surface area contributed by atoms with Crippen molar-refractivity contribution in [2.45, 2.75) is 107 Å². The SMILES string of the molecule is CC(NC(=O)C[C@@H](O)CN)C(=O)NCC(=O)N[C@H](CCCN)C(=O)N1CC(F)(F)C[C@H]1C(=O)N[C@@H](Cc1cnc[nH]1)C(=O)N[C@@H](CCCCN)C(=O)N/C(=C\CCN=C(N)N)C(=O)O. The average molecular weight is 914 g/mol. The van der Waals surface area contributed by atoms with Gasteiger partial charge in [-0.25, -0.2) is 18.6 Å². The standard InChI is InChI=1S/C37H61F2N15O10/c1-20(49-28(56)13-22(55)15-42)30(58)47-17-29(57)50-24(7-4-10-41)34(62)54-18-37(38,39)14-27(54)33(61)53-26(12-21-16-45-19-48-21)32(60)51-23(6-2-3-9-40)31(59)52-25(35(63)64)8-5-11-46-36(43)44/h8,16,19-20,22-24,26-27,55H,2-7,9-15,17-18,40-42H2,1H3,(H,45,48)(H,47,58)(H,49,56)(H,50,57)(H,51,60)(H,52,59)(H,53,61)(H,63,64)(H4,43,44,46)/b25-8-/t20?,22-,23+,24-,26+,27+/m1/s1. The fourth-order valence-corrected chi connectivity index (χ4v) is 6.23. The van der Waals surface area contributed by atoms with Crippen molar-refractivity contribution in [3.8, 4) is 0 Å². The van der Waals surface area contributed by atoms with Crippen molar-refractivity contribution < 1.29 is 57.4 Å². The molecule has 7 amide bonds. The second kappa shape index (κ2) is 27.0. The van der Waals surface area contributed by atoms with Crippen LogP contribution in [0.5, 0.6) is 0 Å². The number of rotatable bonds is 28. The van der Waals surface area contributed by atoms with Gasteiger partial charge in [0.15, 0.2) is 5.96 Å². The van der Waals surface area contributed by atoms with Gasteiger partial charge in [-0.15, -0.1) is 0 Å². The van der Waals surface area contributed by atoms with Gasteiger partial charge in [-0.05, 0) is 58.5 Å². The van der Waals surface area contributed by atoms with E-state index in [9.17, 15) is 48.6 Å². The topological polar surface area (TPSA) is 424 Å². The van der Waals surface area contributed by atoms with Gasteiger partial charge in [0, 0.05) is 37.8 Å². The lowest BCUT2D eigenvalue weighted by atomic mass is 10.0. The molecule has 1 fully saturated rings. The number of imidazole rings is 1. The van der Waals surface area contributed by atoms with Crippen LogP contribution in [-0.2, 0) is 44.8 Å². The summed E-state index contributed by atoms with van der Waals surface area (Å²) in [6, 6.07) is -7.48. The van der Waals surface area contributed by atoms with Gasteiger partial charge in [0.05, 0.1) is 31.9 Å². The third kappa shape index (κ3) is 19.0. The highest BCUT2D eigenvalue weighted by molar-refractivity contribution is 5.98. The fraction of sp³-hybridized carbons (Fsp3) is 0.622. The zero-order chi connectivity index (χ0) is 48.0. The van der Waals surface area contributed by atoms with Crippen molar-refractivity contribution in [2.75, 3.05) is 39.3 Å². The largest absolute Gasteiger partial charge is 0.477 e. The van der Waals surface area contributed by atoms with E-state index < -0.39 is 115 Å². The molecule has 1 aliphatic heterocycles. The number of aliphatic hydroxyl groups is 1. The summed E-state index contributed by atoms with van der Waals surface area (Å²) in [6.07, 6.45) is 1.43. The lowest BCUT2D eigenvalue weighted by Gasteiger charge is -2.29. The predicted molar refractivity (Wildman–Crippen MR) is 224 cm³/mol. The molecule has 1 aromatic heterocycles. The summed E-state index contributed by atoms with van der Waals surface area (Å²) in [6.45, 7) is -0.571. The smallest absolute Gasteiger partial charge is 0.352 e.